The van der Waals surface area contributed by atoms with E-state index in [1.54, 1.807) is 13.1 Å². The molecule has 2 unspecified atom stereocenters. The number of hydrogen-bond acceptors (Lipinski definition) is 6. The molecule has 2 aromatic rings. The van der Waals surface area contributed by atoms with E-state index in [9.17, 15) is 9.00 Å². The van der Waals surface area contributed by atoms with E-state index in [-0.39, 0.29) is 18.4 Å². The van der Waals surface area contributed by atoms with E-state index in [2.05, 4.69) is 20.0 Å². The molecule has 0 saturated carbocycles. The minimum Gasteiger partial charge on any atom is -0.300 e. The average molecular weight is 380 g/mol. The Hall–Kier alpha value is -1.68. The van der Waals surface area contributed by atoms with Crippen molar-refractivity contribution in [2.75, 3.05) is 18.5 Å². The number of aryl methyl sites for hydroxylation is 1. The number of pyridine rings is 1. The lowest BCUT2D eigenvalue weighted by molar-refractivity contribution is -0.117. The van der Waals surface area contributed by atoms with Crippen LogP contribution in [0, 0.1) is 0 Å². The zero-order valence-corrected chi connectivity index (χ0v) is 15.5. The number of nitrogens with zero attached hydrogens (tertiary/aromatic N) is 2. The molecule has 2 atom stereocenters. The van der Waals surface area contributed by atoms with E-state index in [0.29, 0.717) is 11.7 Å². The highest BCUT2D eigenvalue weighted by Crippen LogP contribution is 2.40. The zero-order valence-electron chi connectivity index (χ0n) is 13.9. The molecular formula is C16H20N4O3S2. The average Bonchev–Trinajstić information content (AvgIpc) is 3.03. The first kappa shape index (κ1) is 18.1. The molecule has 134 valence electrons. The molecule has 1 amide bonds. The minimum atomic E-state index is -1.66. The van der Waals surface area contributed by atoms with Crippen LogP contribution < -0.4 is 10.0 Å². The summed E-state index contributed by atoms with van der Waals surface area (Å²) in [7, 11) is 0. The van der Waals surface area contributed by atoms with Crippen LogP contribution in [0.2, 0.25) is 0 Å². The lowest BCUT2D eigenvalue weighted by Gasteiger charge is -2.20. The third-order valence-corrected chi connectivity index (χ3v) is 5.78. The predicted octanol–water partition coefficient (Wildman–Crippen LogP) is 2.15. The Kier molecular flexibility index (Phi) is 6.24. The molecule has 0 spiro atoms. The molecule has 2 heterocycles. The number of thiazole rings is 1. The lowest BCUT2D eigenvalue weighted by Crippen LogP contribution is -2.24. The summed E-state index contributed by atoms with van der Waals surface area (Å²) >= 11 is -0.177. The smallest absolute Gasteiger partial charge is 0.253 e. The number of aromatic nitrogens is 2. The van der Waals surface area contributed by atoms with Gasteiger partial charge < -0.3 is 0 Å². The molecule has 3 rings (SSSR count). The molecular weight excluding hydrogens is 360 g/mol. The number of nitrogens with one attached hydrogen (secondary N) is 2. The van der Waals surface area contributed by atoms with E-state index in [1.165, 1.54) is 11.3 Å². The Morgan fingerprint density at radius 3 is 3.12 bits per heavy atom. The third-order valence-electron chi connectivity index (χ3n) is 3.80. The van der Waals surface area contributed by atoms with E-state index in [0.717, 1.165) is 35.5 Å². The quantitative estimate of drug-likeness (QED) is 0.768. The van der Waals surface area contributed by atoms with Crippen LogP contribution in [0.3, 0.4) is 0 Å². The van der Waals surface area contributed by atoms with Crippen molar-refractivity contribution in [3.63, 3.8) is 0 Å². The summed E-state index contributed by atoms with van der Waals surface area (Å²) in [5.41, 5.74) is 2.06. The van der Waals surface area contributed by atoms with Gasteiger partial charge >= 0.3 is 0 Å². The first-order chi connectivity index (χ1) is 12.2. The maximum Gasteiger partial charge on any atom is 0.253 e. The standard InChI is InChI=1S/C16H20N4O3S2/c1-2-18-25(22)23-10-14(21)20-16-19-13-8-5-6-11(15(13)24-16)12-7-3-4-9-17-12/h3-4,7,9,11,18H,2,5-6,8,10H2,1H3,(H,19,20,21). The normalized spacial score (nSPS) is 17.7. The number of carbonyl (C=O) groups is 1. The molecule has 0 bridgehead atoms. The summed E-state index contributed by atoms with van der Waals surface area (Å²) < 4.78 is 18.8. The number of anilines is 1. The van der Waals surface area contributed by atoms with Crippen molar-refractivity contribution in [1.29, 1.82) is 0 Å². The molecule has 7 nitrogen and oxygen atoms in total. The Balaban J connectivity index is 1.66. The molecule has 0 aromatic carbocycles. The summed E-state index contributed by atoms with van der Waals surface area (Å²) in [6.45, 7) is 2.02. The van der Waals surface area contributed by atoms with Crippen LogP contribution in [0.4, 0.5) is 5.13 Å². The molecule has 0 saturated heterocycles. The van der Waals surface area contributed by atoms with Gasteiger partial charge in [-0.1, -0.05) is 13.0 Å². The minimum absolute atomic E-state index is 0.227. The van der Waals surface area contributed by atoms with Crippen LogP contribution in [0.5, 0.6) is 0 Å². The Bertz CT molecular complexity index is 751. The molecule has 2 N–H and O–H groups in total. The van der Waals surface area contributed by atoms with Gasteiger partial charge in [-0.15, -0.1) is 11.3 Å². The zero-order chi connectivity index (χ0) is 17.6. The first-order valence-corrected chi connectivity index (χ1v) is 10.1. The van der Waals surface area contributed by atoms with Crippen LogP contribution in [0.1, 0.15) is 41.9 Å². The molecule has 25 heavy (non-hydrogen) atoms. The number of hydrogen-bond donors (Lipinski definition) is 2. The first-order valence-electron chi connectivity index (χ1n) is 8.16. The van der Waals surface area contributed by atoms with Gasteiger partial charge in [-0.3, -0.25) is 19.3 Å². The van der Waals surface area contributed by atoms with Crippen LogP contribution >= 0.6 is 11.3 Å². The maximum absolute atomic E-state index is 11.9. The van der Waals surface area contributed by atoms with Crippen molar-refractivity contribution in [2.24, 2.45) is 0 Å². The highest BCUT2D eigenvalue weighted by atomic mass is 32.2. The van der Waals surface area contributed by atoms with E-state index in [1.807, 2.05) is 18.2 Å². The van der Waals surface area contributed by atoms with Gasteiger partial charge in [0.05, 0.1) is 5.69 Å². The Labute approximate surface area is 153 Å². The molecule has 1 aliphatic rings. The van der Waals surface area contributed by atoms with Crippen LogP contribution in [0.15, 0.2) is 24.4 Å². The highest BCUT2D eigenvalue weighted by Gasteiger charge is 2.27. The second-order valence-corrected chi connectivity index (χ2v) is 7.60. The summed E-state index contributed by atoms with van der Waals surface area (Å²) in [5, 5.41) is 3.28. The summed E-state index contributed by atoms with van der Waals surface area (Å²) in [6.07, 6.45) is 4.79. The monoisotopic (exact) mass is 380 g/mol. The van der Waals surface area contributed by atoms with Crippen molar-refractivity contribution in [3.8, 4) is 0 Å². The number of carbonyl (C=O) groups excluding carboxylic acids is 1. The van der Waals surface area contributed by atoms with Crippen molar-refractivity contribution in [3.05, 3.63) is 40.7 Å². The van der Waals surface area contributed by atoms with Crippen molar-refractivity contribution >= 4 is 33.6 Å². The largest absolute Gasteiger partial charge is 0.300 e. The van der Waals surface area contributed by atoms with Gasteiger partial charge in [0, 0.05) is 29.2 Å². The third kappa shape index (κ3) is 4.69. The summed E-state index contributed by atoms with van der Waals surface area (Å²) in [4.78, 5) is 22.1. The van der Waals surface area contributed by atoms with Gasteiger partial charge in [0.2, 0.25) is 11.3 Å². The van der Waals surface area contributed by atoms with Crippen molar-refractivity contribution < 1.29 is 13.2 Å². The van der Waals surface area contributed by atoms with Crippen LogP contribution in [-0.4, -0.2) is 33.2 Å². The van der Waals surface area contributed by atoms with Crippen molar-refractivity contribution in [1.82, 2.24) is 14.7 Å². The van der Waals surface area contributed by atoms with Gasteiger partial charge in [0.1, 0.15) is 6.61 Å². The maximum atomic E-state index is 11.9. The molecule has 9 heteroatoms. The SMILES string of the molecule is CCNS(=O)OCC(=O)Nc1nc2c(s1)C(c1ccccn1)CCC2. The molecule has 0 fully saturated rings. The lowest BCUT2D eigenvalue weighted by atomic mass is 9.89. The molecule has 0 radical (unpaired) electrons. The number of amides is 1. The predicted molar refractivity (Wildman–Crippen MR) is 97.5 cm³/mol. The summed E-state index contributed by atoms with van der Waals surface area (Å²) in [6, 6.07) is 5.92. The molecule has 0 aliphatic heterocycles. The van der Waals surface area contributed by atoms with Gasteiger partial charge in [0.25, 0.3) is 5.91 Å². The van der Waals surface area contributed by atoms with Gasteiger partial charge in [-0.05, 0) is 31.4 Å². The number of rotatable bonds is 7. The van der Waals surface area contributed by atoms with E-state index < -0.39 is 11.3 Å². The topological polar surface area (TPSA) is 93.2 Å². The molecule has 2 aromatic heterocycles. The van der Waals surface area contributed by atoms with Gasteiger partial charge in [-0.25, -0.2) is 13.9 Å². The van der Waals surface area contributed by atoms with Gasteiger partial charge in [-0.2, -0.15) is 0 Å². The number of fused-ring (bicyclic) bond motifs is 1. The second-order valence-electron chi connectivity index (χ2n) is 5.57. The Morgan fingerprint density at radius 2 is 2.36 bits per heavy atom. The van der Waals surface area contributed by atoms with Crippen LogP contribution in [0.25, 0.3) is 0 Å². The van der Waals surface area contributed by atoms with Crippen LogP contribution in [-0.2, 0) is 26.7 Å². The summed E-state index contributed by atoms with van der Waals surface area (Å²) in [5.74, 6) is -0.141. The second kappa shape index (κ2) is 8.61. The Morgan fingerprint density at radius 1 is 1.48 bits per heavy atom. The molecule has 1 aliphatic carbocycles. The fraction of sp³-hybridized carbons (Fsp3) is 0.438. The fourth-order valence-electron chi connectivity index (χ4n) is 2.76. The van der Waals surface area contributed by atoms with Crippen molar-refractivity contribution in [2.45, 2.75) is 32.1 Å². The van der Waals surface area contributed by atoms with E-state index >= 15 is 0 Å². The fourth-order valence-corrected chi connectivity index (χ4v) is 4.47. The highest BCUT2D eigenvalue weighted by molar-refractivity contribution is 7.78. The van der Waals surface area contributed by atoms with Gasteiger partial charge in [0.15, 0.2) is 5.13 Å². The van der Waals surface area contributed by atoms with E-state index in [4.69, 9.17) is 4.18 Å².